The molecule has 2 N–H and O–H groups in total. The number of likely N-dealkylation sites (tertiary alicyclic amines) is 1. The van der Waals surface area contributed by atoms with E-state index >= 15 is 0 Å². The summed E-state index contributed by atoms with van der Waals surface area (Å²) < 4.78 is 1.13. The van der Waals surface area contributed by atoms with Crippen LogP contribution in [0.4, 0.5) is 0 Å². The Kier molecular flexibility index (Phi) is 4.98. The lowest BCUT2D eigenvalue weighted by Gasteiger charge is -2.16. The maximum Gasteiger partial charge on any atom is 0.0556 e. The highest BCUT2D eigenvalue weighted by atomic mass is 79.9. The highest BCUT2D eigenvalue weighted by Gasteiger charge is 2.21. The molecule has 0 amide bonds. The van der Waals surface area contributed by atoms with Crippen LogP contribution in [0.3, 0.4) is 0 Å². The molecule has 1 heterocycles. The SMILES string of the molecule is OCCNC1CCN(Cc2ccc(Br)cc2)C1. The lowest BCUT2D eigenvalue weighted by Crippen LogP contribution is -2.34. The Hall–Kier alpha value is -0.420. The van der Waals surface area contributed by atoms with E-state index in [1.54, 1.807) is 0 Å². The molecule has 0 saturated carbocycles. The maximum atomic E-state index is 8.77. The van der Waals surface area contributed by atoms with Gasteiger partial charge in [0.25, 0.3) is 0 Å². The van der Waals surface area contributed by atoms with Gasteiger partial charge in [0, 0.05) is 36.7 Å². The van der Waals surface area contributed by atoms with Crippen molar-refractivity contribution in [1.82, 2.24) is 10.2 Å². The maximum absolute atomic E-state index is 8.77. The van der Waals surface area contributed by atoms with Crippen molar-refractivity contribution < 1.29 is 5.11 Å². The van der Waals surface area contributed by atoms with E-state index in [-0.39, 0.29) is 6.61 Å². The molecule has 1 unspecified atom stereocenters. The van der Waals surface area contributed by atoms with Crippen LogP contribution >= 0.6 is 15.9 Å². The molecule has 1 saturated heterocycles. The molecule has 2 rings (SSSR count). The summed E-state index contributed by atoms with van der Waals surface area (Å²) in [6, 6.07) is 9.05. The number of benzene rings is 1. The quantitative estimate of drug-likeness (QED) is 0.867. The second-order valence-electron chi connectivity index (χ2n) is 4.52. The molecule has 1 atom stereocenters. The predicted molar refractivity (Wildman–Crippen MR) is 72.9 cm³/mol. The third kappa shape index (κ3) is 4.07. The van der Waals surface area contributed by atoms with Crippen LogP contribution in [0.25, 0.3) is 0 Å². The van der Waals surface area contributed by atoms with Crippen LogP contribution in [0.2, 0.25) is 0 Å². The van der Waals surface area contributed by atoms with Crippen molar-refractivity contribution in [3.05, 3.63) is 34.3 Å². The smallest absolute Gasteiger partial charge is 0.0556 e. The Morgan fingerprint density at radius 3 is 2.82 bits per heavy atom. The van der Waals surface area contributed by atoms with Gasteiger partial charge in [0.15, 0.2) is 0 Å². The molecule has 94 valence electrons. The van der Waals surface area contributed by atoms with E-state index in [1.807, 2.05) is 0 Å². The number of rotatable bonds is 5. The van der Waals surface area contributed by atoms with Gasteiger partial charge < -0.3 is 10.4 Å². The summed E-state index contributed by atoms with van der Waals surface area (Å²) in [6.45, 7) is 4.17. The molecule has 0 spiro atoms. The van der Waals surface area contributed by atoms with Gasteiger partial charge in [-0.05, 0) is 24.1 Å². The van der Waals surface area contributed by atoms with Crippen molar-refractivity contribution in [1.29, 1.82) is 0 Å². The van der Waals surface area contributed by atoms with E-state index in [2.05, 4.69) is 50.4 Å². The summed E-state index contributed by atoms with van der Waals surface area (Å²) in [6.07, 6.45) is 1.18. The number of aliphatic hydroxyl groups is 1. The van der Waals surface area contributed by atoms with Crippen LogP contribution in [0.1, 0.15) is 12.0 Å². The summed E-state index contributed by atoms with van der Waals surface area (Å²) >= 11 is 3.45. The van der Waals surface area contributed by atoms with E-state index in [9.17, 15) is 0 Å². The van der Waals surface area contributed by atoms with Gasteiger partial charge in [-0.1, -0.05) is 28.1 Å². The molecule has 1 aromatic rings. The minimum atomic E-state index is 0.225. The zero-order valence-corrected chi connectivity index (χ0v) is 11.5. The summed E-state index contributed by atoms with van der Waals surface area (Å²) in [5, 5.41) is 12.1. The van der Waals surface area contributed by atoms with Crippen molar-refractivity contribution in [2.45, 2.75) is 19.0 Å². The van der Waals surface area contributed by atoms with Gasteiger partial charge in [-0.3, -0.25) is 4.90 Å². The predicted octanol–water partition coefficient (Wildman–Crippen LogP) is 1.61. The fourth-order valence-electron chi connectivity index (χ4n) is 2.26. The van der Waals surface area contributed by atoms with Crippen molar-refractivity contribution in [2.24, 2.45) is 0 Å². The Bertz CT molecular complexity index is 342. The molecule has 0 radical (unpaired) electrons. The largest absolute Gasteiger partial charge is 0.395 e. The molecule has 1 aliphatic heterocycles. The van der Waals surface area contributed by atoms with E-state index in [0.29, 0.717) is 12.6 Å². The number of aliphatic hydroxyl groups excluding tert-OH is 1. The van der Waals surface area contributed by atoms with Gasteiger partial charge in [0.1, 0.15) is 0 Å². The molecule has 0 aromatic heterocycles. The van der Waals surface area contributed by atoms with Crippen LogP contribution in [-0.4, -0.2) is 42.3 Å². The molecule has 17 heavy (non-hydrogen) atoms. The monoisotopic (exact) mass is 298 g/mol. The lowest BCUT2D eigenvalue weighted by molar-refractivity contribution is 0.278. The Morgan fingerprint density at radius 2 is 2.12 bits per heavy atom. The van der Waals surface area contributed by atoms with E-state index in [0.717, 1.165) is 24.1 Å². The third-order valence-electron chi connectivity index (χ3n) is 3.14. The minimum Gasteiger partial charge on any atom is -0.395 e. The first-order valence-electron chi connectivity index (χ1n) is 6.09. The van der Waals surface area contributed by atoms with Crippen LogP contribution in [0.5, 0.6) is 0 Å². The van der Waals surface area contributed by atoms with Crippen LogP contribution in [0.15, 0.2) is 28.7 Å². The number of hydrogen-bond acceptors (Lipinski definition) is 3. The number of nitrogens with zero attached hydrogens (tertiary/aromatic N) is 1. The molecule has 0 aliphatic carbocycles. The number of halogens is 1. The molecular weight excluding hydrogens is 280 g/mol. The number of hydrogen-bond donors (Lipinski definition) is 2. The van der Waals surface area contributed by atoms with Gasteiger partial charge in [0.05, 0.1) is 6.61 Å². The van der Waals surface area contributed by atoms with E-state index in [1.165, 1.54) is 12.0 Å². The molecular formula is C13H19BrN2O. The van der Waals surface area contributed by atoms with Crippen molar-refractivity contribution >= 4 is 15.9 Å². The van der Waals surface area contributed by atoms with Crippen molar-refractivity contribution in [3.63, 3.8) is 0 Å². The molecule has 3 nitrogen and oxygen atoms in total. The molecule has 0 bridgehead atoms. The standard InChI is InChI=1S/C13H19BrN2O/c14-12-3-1-11(2-4-12)9-16-7-5-13(10-16)15-6-8-17/h1-4,13,15,17H,5-10H2. The first-order valence-corrected chi connectivity index (χ1v) is 6.88. The van der Waals surface area contributed by atoms with Gasteiger partial charge in [-0.2, -0.15) is 0 Å². The van der Waals surface area contributed by atoms with Crippen molar-refractivity contribution in [2.75, 3.05) is 26.2 Å². The van der Waals surface area contributed by atoms with Gasteiger partial charge in [0.2, 0.25) is 0 Å². The average molecular weight is 299 g/mol. The first-order chi connectivity index (χ1) is 8.28. The van der Waals surface area contributed by atoms with Crippen LogP contribution in [-0.2, 0) is 6.54 Å². The molecule has 1 aliphatic rings. The molecule has 1 aromatic carbocycles. The third-order valence-corrected chi connectivity index (χ3v) is 3.67. The molecule has 4 heteroatoms. The van der Waals surface area contributed by atoms with Gasteiger partial charge in [-0.25, -0.2) is 0 Å². The number of nitrogens with one attached hydrogen (secondary N) is 1. The second-order valence-corrected chi connectivity index (χ2v) is 5.44. The Morgan fingerprint density at radius 1 is 1.35 bits per heavy atom. The average Bonchev–Trinajstić information content (AvgIpc) is 2.77. The van der Waals surface area contributed by atoms with Crippen LogP contribution in [0, 0.1) is 0 Å². The van der Waals surface area contributed by atoms with E-state index < -0.39 is 0 Å². The van der Waals surface area contributed by atoms with Crippen LogP contribution < -0.4 is 5.32 Å². The zero-order chi connectivity index (χ0) is 12.1. The summed E-state index contributed by atoms with van der Waals surface area (Å²) in [4.78, 5) is 2.46. The first kappa shape index (κ1) is 13.0. The highest BCUT2D eigenvalue weighted by molar-refractivity contribution is 9.10. The molecule has 1 fully saturated rings. The second kappa shape index (κ2) is 6.50. The summed E-state index contributed by atoms with van der Waals surface area (Å²) in [5.41, 5.74) is 1.36. The zero-order valence-electron chi connectivity index (χ0n) is 9.90. The minimum absolute atomic E-state index is 0.225. The fraction of sp³-hybridized carbons (Fsp3) is 0.538. The van der Waals surface area contributed by atoms with Gasteiger partial charge >= 0.3 is 0 Å². The highest BCUT2D eigenvalue weighted by Crippen LogP contribution is 2.15. The summed E-state index contributed by atoms with van der Waals surface area (Å²) in [7, 11) is 0. The normalized spacial score (nSPS) is 20.9. The fourth-order valence-corrected chi connectivity index (χ4v) is 2.52. The van der Waals surface area contributed by atoms with Crippen molar-refractivity contribution in [3.8, 4) is 0 Å². The lowest BCUT2D eigenvalue weighted by atomic mass is 10.2. The summed E-state index contributed by atoms with van der Waals surface area (Å²) in [5.74, 6) is 0. The van der Waals surface area contributed by atoms with Gasteiger partial charge in [-0.15, -0.1) is 0 Å². The Labute approximate surface area is 111 Å². The Balaban J connectivity index is 1.79. The topological polar surface area (TPSA) is 35.5 Å². The van der Waals surface area contributed by atoms with E-state index in [4.69, 9.17) is 5.11 Å².